The van der Waals surface area contributed by atoms with Gasteiger partial charge in [-0.05, 0) is 66.2 Å². The molecule has 1 aromatic heterocycles. The van der Waals surface area contributed by atoms with Gasteiger partial charge in [0, 0.05) is 15.1 Å². The molecule has 21 heavy (non-hydrogen) atoms. The van der Waals surface area contributed by atoms with Crippen molar-refractivity contribution in [1.82, 2.24) is 15.1 Å². The van der Waals surface area contributed by atoms with Crippen LogP contribution in [-0.4, -0.2) is 16.3 Å². The molecule has 1 N–H and O–H groups in total. The summed E-state index contributed by atoms with van der Waals surface area (Å²) in [6.07, 6.45) is 2.75. The van der Waals surface area contributed by atoms with Crippen molar-refractivity contribution in [3.63, 3.8) is 0 Å². The average molecular weight is 438 g/mol. The molecule has 0 aliphatic heterocycles. The van der Waals surface area contributed by atoms with Crippen molar-refractivity contribution in [3.05, 3.63) is 49.3 Å². The SMILES string of the molecule is CCCNC(c1cc(Cl)ccc1I)c1c(Cl)cnn1CC. The second-order valence-corrected chi connectivity index (χ2v) is 6.75. The molecule has 0 bridgehead atoms. The molecule has 1 unspecified atom stereocenters. The van der Waals surface area contributed by atoms with E-state index in [2.05, 4.69) is 46.9 Å². The second kappa shape index (κ2) is 7.81. The molecular weight excluding hydrogens is 420 g/mol. The smallest absolute Gasteiger partial charge is 0.0837 e. The van der Waals surface area contributed by atoms with Crippen LogP contribution in [0.15, 0.2) is 24.4 Å². The highest BCUT2D eigenvalue weighted by molar-refractivity contribution is 14.1. The third-order valence-corrected chi connectivity index (χ3v) is 4.78. The van der Waals surface area contributed by atoms with Crippen molar-refractivity contribution in [2.24, 2.45) is 0 Å². The van der Waals surface area contributed by atoms with E-state index < -0.39 is 0 Å². The Hall–Kier alpha value is -0.300. The number of benzene rings is 1. The predicted molar refractivity (Wildman–Crippen MR) is 97.2 cm³/mol. The lowest BCUT2D eigenvalue weighted by Gasteiger charge is -2.22. The van der Waals surface area contributed by atoms with Crippen LogP contribution >= 0.6 is 45.8 Å². The van der Waals surface area contributed by atoms with Crippen LogP contribution in [0.5, 0.6) is 0 Å². The number of hydrogen-bond donors (Lipinski definition) is 1. The number of rotatable bonds is 6. The summed E-state index contributed by atoms with van der Waals surface area (Å²) in [4.78, 5) is 0. The Bertz CT molecular complexity index is 613. The lowest BCUT2D eigenvalue weighted by atomic mass is 10.0. The molecule has 2 rings (SSSR count). The Morgan fingerprint density at radius 1 is 1.33 bits per heavy atom. The van der Waals surface area contributed by atoms with Gasteiger partial charge in [0.1, 0.15) is 0 Å². The van der Waals surface area contributed by atoms with Crippen LogP contribution in [-0.2, 0) is 6.54 Å². The first-order valence-electron chi connectivity index (χ1n) is 6.98. The summed E-state index contributed by atoms with van der Waals surface area (Å²) in [5, 5.41) is 9.32. The van der Waals surface area contributed by atoms with Crippen molar-refractivity contribution in [2.75, 3.05) is 6.54 Å². The summed E-state index contributed by atoms with van der Waals surface area (Å²) in [6, 6.07) is 5.92. The lowest BCUT2D eigenvalue weighted by molar-refractivity contribution is 0.528. The predicted octanol–water partition coefficient (Wildman–Crippen LogP) is 4.90. The maximum atomic E-state index is 6.38. The average Bonchev–Trinajstić information content (AvgIpc) is 2.84. The first-order chi connectivity index (χ1) is 10.1. The summed E-state index contributed by atoms with van der Waals surface area (Å²) in [7, 11) is 0. The fraction of sp³-hybridized carbons (Fsp3) is 0.400. The van der Waals surface area contributed by atoms with Crippen LogP contribution in [0.1, 0.15) is 37.6 Å². The zero-order chi connectivity index (χ0) is 15.4. The highest BCUT2D eigenvalue weighted by atomic mass is 127. The van der Waals surface area contributed by atoms with Crippen LogP contribution in [0.2, 0.25) is 10.0 Å². The molecule has 0 aliphatic carbocycles. The van der Waals surface area contributed by atoms with Gasteiger partial charge >= 0.3 is 0 Å². The van der Waals surface area contributed by atoms with E-state index in [0.717, 1.165) is 39.4 Å². The zero-order valence-electron chi connectivity index (χ0n) is 12.0. The van der Waals surface area contributed by atoms with Gasteiger partial charge in [-0.25, -0.2) is 0 Å². The molecular formula is C15H18Cl2IN3. The molecule has 3 nitrogen and oxygen atoms in total. The van der Waals surface area contributed by atoms with Gasteiger partial charge < -0.3 is 5.32 Å². The Balaban J connectivity index is 2.52. The molecule has 0 amide bonds. The van der Waals surface area contributed by atoms with Gasteiger partial charge in [0.05, 0.1) is 23.0 Å². The van der Waals surface area contributed by atoms with Crippen LogP contribution in [0.4, 0.5) is 0 Å². The van der Waals surface area contributed by atoms with Gasteiger partial charge in [-0.2, -0.15) is 5.10 Å². The number of aryl methyl sites for hydroxylation is 1. The molecule has 6 heteroatoms. The monoisotopic (exact) mass is 437 g/mol. The van der Waals surface area contributed by atoms with Crippen molar-refractivity contribution < 1.29 is 0 Å². The molecule has 0 spiro atoms. The van der Waals surface area contributed by atoms with Crippen molar-refractivity contribution >= 4 is 45.8 Å². The van der Waals surface area contributed by atoms with E-state index in [1.165, 1.54) is 0 Å². The minimum Gasteiger partial charge on any atom is -0.305 e. The number of hydrogen-bond acceptors (Lipinski definition) is 2. The first-order valence-corrected chi connectivity index (χ1v) is 8.81. The number of nitrogens with one attached hydrogen (secondary N) is 1. The van der Waals surface area contributed by atoms with Crippen molar-refractivity contribution in [1.29, 1.82) is 0 Å². The molecule has 1 atom stereocenters. The Kier molecular flexibility index (Phi) is 6.34. The normalized spacial score (nSPS) is 12.6. The summed E-state index contributed by atoms with van der Waals surface area (Å²) in [6.45, 7) is 5.89. The second-order valence-electron chi connectivity index (χ2n) is 4.75. The lowest BCUT2D eigenvalue weighted by Crippen LogP contribution is -2.26. The Labute approximate surface area is 149 Å². The molecule has 0 saturated carbocycles. The highest BCUT2D eigenvalue weighted by Gasteiger charge is 2.23. The Morgan fingerprint density at radius 3 is 2.76 bits per heavy atom. The molecule has 114 valence electrons. The molecule has 0 fully saturated rings. The highest BCUT2D eigenvalue weighted by Crippen LogP contribution is 2.32. The fourth-order valence-corrected chi connectivity index (χ4v) is 3.37. The van der Waals surface area contributed by atoms with E-state index in [-0.39, 0.29) is 6.04 Å². The van der Waals surface area contributed by atoms with Gasteiger partial charge in [-0.15, -0.1) is 0 Å². The van der Waals surface area contributed by atoms with E-state index in [1.807, 2.05) is 22.9 Å². The van der Waals surface area contributed by atoms with Gasteiger partial charge in [0.2, 0.25) is 0 Å². The largest absolute Gasteiger partial charge is 0.305 e. The molecule has 0 aliphatic rings. The minimum atomic E-state index is -0.00880. The van der Waals surface area contributed by atoms with Crippen LogP contribution in [0.3, 0.4) is 0 Å². The maximum absolute atomic E-state index is 6.38. The molecule has 2 aromatic rings. The van der Waals surface area contributed by atoms with E-state index in [0.29, 0.717) is 5.02 Å². The summed E-state index contributed by atoms with van der Waals surface area (Å²) in [5.41, 5.74) is 2.13. The third-order valence-electron chi connectivity index (χ3n) is 3.27. The molecule has 1 aromatic carbocycles. The van der Waals surface area contributed by atoms with Crippen LogP contribution in [0.25, 0.3) is 0 Å². The van der Waals surface area contributed by atoms with Crippen LogP contribution in [0, 0.1) is 3.57 Å². The first kappa shape index (κ1) is 17.1. The molecule has 0 saturated heterocycles. The van der Waals surface area contributed by atoms with E-state index in [9.17, 15) is 0 Å². The third kappa shape index (κ3) is 3.92. The Morgan fingerprint density at radius 2 is 2.10 bits per heavy atom. The quantitative estimate of drug-likeness (QED) is 0.651. The maximum Gasteiger partial charge on any atom is 0.0837 e. The number of nitrogens with zero attached hydrogens (tertiary/aromatic N) is 2. The number of halogens is 3. The van der Waals surface area contributed by atoms with Gasteiger partial charge in [-0.1, -0.05) is 30.1 Å². The van der Waals surface area contributed by atoms with E-state index >= 15 is 0 Å². The fourth-order valence-electron chi connectivity index (χ4n) is 2.29. The van der Waals surface area contributed by atoms with Crippen molar-refractivity contribution in [3.8, 4) is 0 Å². The summed E-state index contributed by atoms with van der Waals surface area (Å²) >= 11 is 14.9. The topological polar surface area (TPSA) is 29.9 Å². The van der Waals surface area contributed by atoms with Gasteiger partial charge in [0.15, 0.2) is 0 Å². The van der Waals surface area contributed by atoms with Gasteiger partial charge in [0.25, 0.3) is 0 Å². The van der Waals surface area contributed by atoms with Gasteiger partial charge in [-0.3, -0.25) is 4.68 Å². The standard InChI is InChI=1S/C15H18Cl2IN3/c1-3-7-19-14(11-8-10(16)5-6-13(11)18)15-12(17)9-20-21(15)4-2/h5-6,8-9,14,19H,3-4,7H2,1-2H3. The molecule has 0 radical (unpaired) electrons. The number of aromatic nitrogens is 2. The minimum absolute atomic E-state index is 0.00880. The van der Waals surface area contributed by atoms with E-state index in [4.69, 9.17) is 23.2 Å². The molecule has 1 heterocycles. The van der Waals surface area contributed by atoms with Crippen molar-refractivity contribution in [2.45, 2.75) is 32.9 Å². The zero-order valence-corrected chi connectivity index (χ0v) is 15.7. The van der Waals surface area contributed by atoms with E-state index in [1.54, 1.807) is 6.20 Å². The summed E-state index contributed by atoms with van der Waals surface area (Å²) < 4.78 is 3.10. The summed E-state index contributed by atoms with van der Waals surface area (Å²) in [5.74, 6) is 0. The van der Waals surface area contributed by atoms with Crippen LogP contribution < -0.4 is 5.32 Å².